The van der Waals surface area contributed by atoms with Crippen molar-refractivity contribution >= 4 is 30.1 Å². The monoisotopic (exact) mass is 684 g/mol. The third kappa shape index (κ3) is 8.21. The van der Waals surface area contributed by atoms with Crippen molar-refractivity contribution in [2.24, 2.45) is 17.8 Å². The number of carboxylic acid groups (broad SMARTS) is 1. The third-order valence-electron chi connectivity index (χ3n) is 8.74. The first kappa shape index (κ1) is 35.4. The van der Waals surface area contributed by atoms with Crippen LogP contribution >= 0.6 is 0 Å². The topological polar surface area (TPSA) is 239 Å². The Hall–Kier alpha value is -4.93. The minimum atomic E-state index is -1.79. The highest BCUT2D eigenvalue weighted by molar-refractivity contribution is 5.88. The lowest BCUT2D eigenvalue weighted by Crippen LogP contribution is -2.60. The van der Waals surface area contributed by atoms with E-state index in [2.05, 4.69) is 0 Å². The molecular formula is C34H36O15. The van der Waals surface area contributed by atoms with Crippen LogP contribution in [0.2, 0.25) is 0 Å². The van der Waals surface area contributed by atoms with Crippen LogP contribution in [0.25, 0.3) is 12.2 Å². The lowest BCUT2D eigenvalue weighted by atomic mass is 9.83. The smallest absolute Gasteiger partial charge is 0.334 e. The molecule has 3 aliphatic rings. The molecule has 1 aliphatic carbocycles. The van der Waals surface area contributed by atoms with Crippen molar-refractivity contribution in [2.75, 3.05) is 6.61 Å². The van der Waals surface area contributed by atoms with Gasteiger partial charge in [-0.2, -0.15) is 0 Å². The van der Waals surface area contributed by atoms with E-state index in [1.807, 2.05) is 0 Å². The summed E-state index contributed by atoms with van der Waals surface area (Å²) in [7, 11) is 0. The van der Waals surface area contributed by atoms with E-state index in [1.165, 1.54) is 48.6 Å². The first-order valence-electron chi connectivity index (χ1n) is 15.3. The Morgan fingerprint density at radius 1 is 0.857 bits per heavy atom. The molecule has 2 aromatic carbocycles. The highest BCUT2D eigenvalue weighted by Gasteiger charge is 2.54. The van der Waals surface area contributed by atoms with Gasteiger partial charge in [0.05, 0.1) is 11.8 Å². The number of carboxylic acids is 1. The van der Waals surface area contributed by atoms with Crippen LogP contribution in [0.15, 0.2) is 66.5 Å². The van der Waals surface area contributed by atoms with Gasteiger partial charge < -0.3 is 59.4 Å². The number of esters is 2. The lowest BCUT2D eigenvalue weighted by molar-refractivity contribution is -0.342. The molecule has 0 spiro atoms. The van der Waals surface area contributed by atoms with E-state index in [0.717, 1.165) is 12.3 Å². The lowest BCUT2D eigenvalue weighted by Gasteiger charge is -2.43. The molecule has 0 aromatic heterocycles. The van der Waals surface area contributed by atoms with Crippen molar-refractivity contribution in [3.8, 4) is 17.2 Å². The highest BCUT2D eigenvalue weighted by atomic mass is 16.8. The van der Waals surface area contributed by atoms with E-state index in [4.69, 9.17) is 23.7 Å². The third-order valence-corrected chi connectivity index (χ3v) is 8.74. The SMILES string of the molecule is C[C@@H]1[C@H]2[C@@H](O[C@@H]3O[C@@H](COC(=O)C=Cc4ccc(O)c(O)c4)[C@H](O)[C@@H](O)[C@@H]3O)OC=C(C(=O)O)[C@H]2C[C@H]1OC(=O)C=Cc1ccc(O)cc1. The number of phenols is 3. The Labute approximate surface area is 279 Å². The van der Waals surface area contributed by atoms with Gasteiger partial charge in [-0.15, -0.1) is 0 Å². The molecule has 15 heteroatoms. The maximum absolute atomic E-state index is 12.7. The predicted molar refractivity (Wildman–Crippen MR) is 166 cm³/mol. The molecule has 0 amide bonds. The number of fused-ring (bicyclic) bond motifs is 1. The molecule has 2 heterocycles. The zero-order valence-corrected chi connectivity index (χ0v) is 26.0. The fourth-order valence-electron chi connectivity index (χ4n) is 6.07. The summed E-state index contributed by atoms with van der Waals surface area (Å²) in [6, 6.07) is 10.0. The molecule has 49 heavy (non-hydrogen) atoms. The van der Waals surface area contributed by atoms with Crippen LogP contribution in [0, 0.1) is 17.8 Å². The average molecular weight is 685 g/mol. The van der Waals surface area contributed by atoms with Crippen molar-refractivity contribution in [3.05, 3.63) is 77.6 Å². The summed E-state index contributed by atoms with van der Waals surface area (Å²) in [5.41, 5.74) is 0.942. The normalized spacial score (nSPS) is 31.1. The molecule has 0 radical (unpaired) electrons. The molecule has 2 fully saturated rings. The molecule has 2 aromatic rings. The Balaban J connectivity index is 1.23. The van der Waals surface area contributed by atoms with Gasteiger partial charge in [-0.05, 0) is 54.0 Å². The van der Waals surface area contributed by atoms with Gasteiger partial charge in [0.25, 0.3) is 0 Å². The number of hydrogen-bond acceptors (Lipinski definition) is 14. The second-order valence-corrected chi connectivity index (χ2v) is 11.9. The number of phenolic OH excluding ortho intramolecular Hbond substituents is 3. The number of hydrogen-bond donors (Lipinski definition) is 7. The molecule has 0 unspecified atom stereocenters. The van der Waals surface area contributed by atoms with Gasteiger partial charge in [0.15, 0.2) is 17.8 Å². The highest BCUT2D eigenvalue weighted by Crippen LogP contribution is 2.48. The van der Waals surface area contributed by atoms with E-state index >= 15 is 0 Å². The van der Waals surface area contributed by atoms with E-state index < -0.39 is 91.1 Å². The number of aliphatic hydroxyl groups is 3. The van der Waals surface area contributed by atoms with Crippen LogP contribution in [0.5, 0.6) is 17.2 Å². The first-order valence-corrected chi connectivity index (χ1v) is 15.3. The fraction of sp³-hybridized carbons (Fsp3) is 0.382. The van der Waals surface area contributed by atoms with Gasteiger partial charge >= 0.3 is 17.9 Å². The molecule has 15 nitrogen and oxygen atoms in total. The Kier molecular flexibility index (Phi) is 10.9. The summed E-state index contributed by atoms with van der Waals surface area (Å²) in [6.45, 7) is 1.16. The van der Waals surface area contributed by atoms with Gasteiger partial charge in [-0.1, -0.05) is 25.1 Å². The minimum Gasteiger partial charge on any atom is -0.508 e. The minimum absolute atomic E-state index is 0.0675. The molecule has 262 valence electrons. The summed E-state index contributed by atoms with van der Waals surface area (Å²) >= 11 is 0. The van der Waals surface area contributed by atoms with Crippen molar-refractivity contribution in [2.45, 2.75) is 56.4 Å². The maximum Gasteiger partial charge on any atom is 0.334 e. The molecule has 1 saturated carbocycles. The van der Waals surface area contributed by atoms with Crippen molar-refractivity contribution < 1.29 is 73.8 Å². The van der Waals surface area contributed by atoms with Crippen LogP contribution in [0.4, 0.5) is 0 Å². The van der Waals surface area contributed by atoms with Crippen LogP contribution in [0.3, 0.4) is 0 Å². The summed E-state index contributed by atoms with van der Waals surface area (Å²) in [6.07, 6.45) is -4.08. The molecule has 0 bridgehead atoms. The number of carbonyl (C=O) groups excluding carboxylic acids is 2. The molecule has 7 N–H and O–H groups in total. The van der Waals surface area contributed by atoms with Crippen molar-refractivity contribution in [3.63, 3.8) is 0 Å². The first-order chi connectivity index (χ1) is 23.3. The largest absolute Gasteiger partial charge is 0.508 e. The summed E-state index contributed by atoms with van der Waals surface area (Å²) in [4.78, 5) is 37.0. The van der Waals surface area contributed by atoms with Gasteiger partial charge in [0.2, 0.25) is 6.29 Å². The molecule has 5 rings (SSSR count). The van der Waals surface area contributed by atoms with Gasteiger partial charge in [0, 0.05) is 29.9 Å². The number of rotatable bonds is 10. The summed E-state index contributed by atoms with van der Waals surface area (Å²) in [5.74, 6) is -5.38. The number of carbonyl (C=O) groups is 3. The summed E-state index contributed by atoms with van der Waals surface area (Å²) in [5, 5.41) is 70.1. The Morgan fingerprint density at radius 2 is 1.53 bits per heavy atom. The Morgan fingerprint density at radius 3 is 2.22 bits per heavy atom. The number of benzene rings is 2. The molecule has 1 saturated heterocycles. The number of aliphatic hydroxyl groups excluding tert-OH is 3. The molecule has 2 aliphatic heterocycles. The predicted octanol–water partition coefficient (Wildman–Crippen LogP) is 1.41. The zero-order valence-electron chi connectivity index (χ0n) is 26.0. The second kappa shape index (κ2) is 15.1. The van der Waals surface area contributed by atoms with E-state index in [1.54, 1.807) is 19.1 Å². The number of aromatic hydroxyl groups is 3. The van der Waals surface area contributed by atoms with Crippen LogP contribution in [0.1, 0.15) is 24.5 Å². The second-order valence-electron chi connectivity index (χ2n) is 11.9. The standard InChI is InChI=1S/C34H36O15/c1-16-24(47-27(39)11-5-17-2-7-19(35)8-3-17)13-20-21(32(43)44)14-46-33(28(16)20)49-34-31(42)30(41)29(40)25(48-34)15-45-26(38)10-6-18-4-9-22(36)23(37)12-18/h2-12,14,16,20,24-25,28-31,33-37,40-42H,13,15H2,1H3,(H,43,44)/t16-,20+,24+,25-,28+,29-,30+,31-,33+,34-/m0/s1. The number of aliphatic carboxylic acids is 1. The molecule has 10 atom stereocenters. The van der Waals surface area contributed by atoms with Crippen LogP contribution in [-0.4, -0.2) is 103 Å². The maximum atomic E-state index is 12.7. The number of ether oxygens (including phenoxy) is 5. The van der Waals surface area contributed by atoms with Gasteiger partial charge in [-0.3, -0.25) is 0 Å². The quantitative estimate of drug-likeness (QED) is 0.106. The molecular weight excluding hydrogens is 648 g/mol. The Bertz CT molecular complexity index is 1620. The average Bonchev–Trinajstić information content (AvgIpc) is 3.39. The van der Waals surface area contributed by atoms with Crippen LogP contribution < -0.4 is 0 Å². The van der Waals surface area contributed by atoms with E-state index in [-0.39, 0.29) is 23.5 Å². The van der Waals surface area contributed by atoms with Gasteiger partial charge in [0.1, 0.15) is 42.9 Å². The van der Waals surface area contributed by atoms with E-state index in [9.17, 15) is 50.1 Å². The van der Waals surface area contributed by atoms with Crippen LogP contribution in [-0.2, 0) is 38.1 Å². The van der Waals surface area contributed by atoms with Gasteiger partial charge in [-0.25, -0.2) is 14.4 Å². The zero-order chi connectivity index (χ0) is 35.4. The van der Waals surface area contributed by atoms with Crippen molar-refractivity contribution in [1.82, 2.24) is 0 Å². The van der Waals surface area contributed by atoms with Crippen molar-refractivity contribution in [1.29, 1.82) is 0 Å². The summed E-state index contributed by atoms with van der Waals surface area (Å²) < 4.78 is 28.1. The fourth-order valence-corrected chi connectivity index (χ4v) is 6.07. The van der Waals surface area contributed by atoms with E-state index in [0.29, 0.717) is 11.1 Å².